The van der Waals surface area contributed by atoms with Gasteiger partial charge in [-0.15, -0.1) is 11.3 Å². The van der Waals surface area contributed by atoms with Gasteiger partial charge in [-0.3, -0.25) is 14.5 Å². The maximum absolute atomic E-state index is 12.7. The van der Waals surface area contributed by atoms with Crippen LogP contribution in [0.2, 0.25) is 0 Å². The maximum Gasteiger partial charge on any atom is 0.241 e. The first-order valence-electron chi connectivity index (χ1n) is 8.77. The van der Waals surface area contributed by atoms with Crippen molar-refractivity contribution >= 4 is 34.5 Å². The van der Waals surface area contributed by atoms with Crippen LogP contribution in [0.25, 0.3) is 0 Å². The highest BCUT2D eigenvalue weighted by atomic mass is 32.1. The van der Waals surface area contributed by atoms with Crippen molar-refractivity contribution in [2.45, 2.75) is 39.3 Å². The summed E-state index contributed by atoms with van der Waals surface area (Å²) in [5.74, 6) is 0.0188. The Morgan fingerprint density at radius 3 is 2.85 bits per heavy atom. The van der Waals surface area contributed by atoms with Crippen molar-refractivity contribution in [3.63, 3.8) is 0 Å². The van der Waals surface area contributed by atoms with Crippen LogP contribution in [-0.2, 0) is 16.1 Å². The molecule has 1 saturated heterocycles. The second kappa shape index (κ2) is 7.97. The Bertz CT molecular complexity index is 804. The molecular weight excluding hydrogens is 348 g/mol. The molecule has 1 aliphatic heterocycles. The number of para-hydroxylation sites is 2. The van der Waals surface area contributed by atoms with Crippen LogP contribution in [-0.4, -0.2) is 41.3 Å². The number of nitrogens with one attached hydrogen (secondary N) is 1. The molecule has 1 fully saturated rings. The molecule has 1 aromatic carbocycles. The summed E-state index contributed by atoms with van der Waals surface area (Å²) in [4.78, 5) is 33.9. The number of hydrogen-bond donors (Lipinski definition) is 1. The Morgan fingerprint density at radius 1 is 1.42 bits per heavy atom. The second-order valence-corrected chi connectivity index (χ2v) is 7.91. The zero-order chi connectivity index (χ0) is 18.7. The third kappa shape index (κ3) is 4.11. The normalized spacial score (nSPS) is 15.5. The van der Waals surface area contributed by atoms with Gasteiger partial charge in [0.05, 0.1) is 22.4 Å². The van der Waals surface area contributed by atoms with Crippen molar-refractivity contribution in [3.8, 4) is 0 Å². The van der Waals surface area contributed by atoms with Crippen LogP contribution in [0.3, 0.4) is 0 Å². The number of thiazole rings is 1. The number of likely N-dealkylation sites (N-methyl/N-ethyl adjacent to an activating group) is 1. The second-order valence-electron chi connectivity index (χ2n) is 6.59. The zero-order valence-electron chi connectivity index (χ0n) is 15.4. The van der Waals surface area contributed by atoms with E-state index >= 15 is 0 Å². The summed E-state index contributed by atoms with van der Waals surface area (Å²) in [6, 6.07) is 7.18. The molecule has 0 bridgehead atoms. The maximum atomic E-state index is 12.7. The van der Waals surface area contributed by atoms with E-state index in [1.807, 2.05) is 56.3 Å². The zero-order valence-corrected chi connectivity index (χ0v) is 16.2. The third-order valence-corrected chi connectivity index (χ3v) is 5.54. The van der Waals surface area contributed by atoms with Gasteiger partial charge in [-0.25, -0.2) is 4.98 Å². The van der Waals surface area contributed by atoms with E-state index in [2.05, 4.69) is 10.3 Å². The van der Waals surface area contributed by atoms with Gasteiger partial charge < -0.3 is 10.2 Å². The molecule has 138 valence electrons. The standard InChI is InChI=1S/C19H24N4O2S/c1-13(22(3)12-15-11-20-14(2)26-15)19(25)21-16-7-4-5-8-17(16)23-10-6-9-18(23)24/h4-5,7-8,11,13H,6,9-10,12H2,1-3H3,(H,21,25). The number of benzene rings is 1. The quantitative estimate of drug-likeness (QED) is 0.846. The summed E-state index contributed by atoms with van der Waals surface area (Å²) in [5, 5.41) is 4.02. The third-order valence-electron chi connectivity index (χ3n) is 4.64. The van der Waals surface area contributed by atoms with Gasteiger partial charge in [-0.1, -0.05) is 12.1 Å². The molecule has 1 atom stereocenters. The Labute approximate surface area is 157 Å². The van der Waals surface area contributed by atoms with Crippen LogP contribution in [0.4, 0.5) is 11.4 Å². The SMILES string of the molecule is Cc1ncc(CN(C)C(C)C(=O)Nc2ccccc2N2CCCC2=O)s1. The van der Waals surface area contributed by atoms with E-state index in [4.69, 9.17) is 0 Å². The Hall–Kier alpha value is -2.25. The van der Waals surface area contributed by atoms with Crippen molar-refractivity contribution in [1.82, 2.24) is 9.88 Å². The first-order chi connectivity index (χ1) is 12.5. The molecule has 6 nitrogen and oxygen atoms in total. The fraction of sp³-hybridized carbons (Fsp3) is 0.421. The average molecular weight is 372 g/mol. The van der Waals surface area contributed by atoms with E-state index in [-0.39, 0.29) is 17.9 Å². The summed E-state index contributed by atoms with van der Waals surface area (Å²) in [7, 11) is 1.93. The molecule has 26 heavy (non-hydrogen) atoms. The Kier molecular flexibility index (Phi) is 5.68. The Balaban J connectivity index is 1.68. The van der Waals surface area contributed by atoms with Crippen LogP contribution in [0, 0.1) is 6.92 Å². The monoisotopic (exact) mass is 372 g/mol. The van der Waals surface area contributed by atoms with E-state index < -0.39 is 0 Å². The van der Waals surface area contributed by atoms with E-state index in [9.17, 15) is 9.59 Å². The highest BCUT2D eigenvalue weighted by Gasteiger charge is 2.25. The molecule has 1 unspecified atom stereocenters. The topological polar surface area (TPSA) is 65.5 Å². The van der Waals surface area contributed by atoms with Gasteiger partial charge in [0.1, 0.15) is 0 Å². The smallest absolute Gasteiger partial charge is 0.241 e. The number of carbonyl (C=O) groups excluding carboxylic acids is 2. The Morgan fingerprint density at radius 2 is 2.19 bits per heavy atom. The van der Waals surface area contributed by atoms with E-state index in [0.717, 1.165) is 22.0 Å². The number of nitrogens with zero attached hydrogens (tertiary/aromatic N) is 3. The summed E-state index contributed by atoms with van der Waals surface area (Å²) >= 11 is 1.64. The predicted molar refractivity (Wildman–Crippen MR) is 104 cm³/mol. The lowest BCUT2D eigenvalue weighted by Gasteiger charge is -2.25. The first-order valence-corrected chi connectivity index (χ1v) is 9.59. The van der Waals surface area contributed by atoms with Crippen molar-refractivity contribution in [3.05, 3.63) is 40.3 Å². The lowest BCUT2D eigenvalue weighted by molar-refractivity contribution is -0.120. The van der Waals surface area contributed by atoms with Gasteiger partial charge >= 0.3 is 0 Å². The van der Waals surface area contributed by atoms with Crippen molar-refractivity contribution in [1.29, 1.82) is 0 Å². The summed E-state index contributed by atoms with van der Waals surface area (Å²) in [5.41, 5.74) is 1.46. The number of amides is 2. The molecule has 1 aromatic heterocycles. The fourth-order valence-corrected chi connectivity index (χ4v) is 3.87. The summed E-state index contributed by atoms with van der Waals surface area (Å²) in [6.45, 7) is 5.23. The van der Waals surface area contributed by atoms with Gasteiger partial charge in [0, 0.05) is 30.6 Å². The molecule has 0 saturated carbocycles. The number of aryl methyl sites for hydroxylation is 1. The lowest BCUT2D eigenvalue weighted by Crippen LogP contribution is -2.39. The summed E-state index contributed by atoms with van der Waals surface area (Å²) < 4.78 is 0. The van der Waals surface area contributed by atoms with Crippen molar-refractivity contribution < 1.29 is 9.59 Å². The van der Waals surface area contributed by atoms with E-state index in [1.54, 1.807) is 16.2 Å². The van der Waals surface area contributed by atoms with Gasteiger partial charge in [-0.05, 0) is 39.4 Å². The van der Waals surface area contributed by atoms with Crippen LogP contribution in [0.5, 0.6) is 0 Å². The number of rotatable bonds is 6. The molecule has 2 aromatic rings. The minimum absolute atomic E-state index is 0.0900. The van der Waals surface area contributed by atoms with Gasteiger partial charge in [0.15, 0.2) is 0 Å². The van der Waals surface area contributed by atoms with Crippen molar-refractivity contribution in [2.75, 3.05) is 23.8 Å². The molecule has 0 aliphatic carbocycles. The van der Waals surface area contributed by atoms with Gasteiger partial charge in [0.25, 0.3) is 0 Å². The predicted octanol–water partition coefficient (Wildman–Crippen LogP) is 3.04. The lowest BCUT2D eigenvalue weighted by atomic mass is 10.2. The average Bonchev–Trinajstić information content (AvgIpc) is 3.22. The largest absolute Gasteiger partial charge is 0.323 e. The molecular formula is C19H24N4O2S. The summed E-state index contributed by atoms with van der Waals surface area (Å²) in [6.07, 6.45) is 3.28. The molecule has 0 spiro atoms. The van der Waals surface area contributed by atoms with Crippen molar-refractivity contribution in [2.24, 2.45) is 0 Å². The molecule has 0 radical (unpaired) electrons. The fourth-order valence-electron chi connectivity index (χ4n) is 3.02. The molecule has 1 N–H and O–H groups in total. The van der Waals surface area contributed by atoms with Crippen LogP contribution >= 0.6 is 11.3 Å². The molecule has 2 heterocycles. The molecule has 3 rings (SSSR count). The number of anilines is 2. The number of hydrogen-bond acceptors (Lipinski definition) is 5. The molecule has 1 aliphatic rings. The minimum Gasteiger partial charge on any atom is -0.323 e. The molecule has 2 amide bonds. The van der Waals surface area contributed by atoms with Crippen LogP contribution in [0.1, 0.15) is 29.7 Å². The van der Waals surface area contributed by atoms with Gasteiger partial charge in [-0.2, -0.15) is 0 Å². The minimum atomic E-state index is -0.306. The van der Waals surface area contributed by atoms with Gasteiger partial charge in [0.2, 0.25) is 11.8 Å². The van der Waals surface area contributed by atoms with Crippen LogP contribution in [0.15, 0.2) is 30.5 Å². The van der Waals surface area contributed by atoms with E-state index in [0.29, 0.717) is 25.2 Å². The highest BCUT2D eigenvalue weighted by Crippen LogP contribution is 2.29. The molecule has 7 heteroatoms. The number of carbonyl (C=O) groups is 2. The number of aromatic nitrogens is 1. The van der Waals surface area contributed by atoms with E-state index in [1.165, 1.54) is 0 Å². The first kappa shape index (κ1) is 18.5. The van der Waals surface area contributed by atoms with Crippen LogP contribution < -0.4 is 10.2 Å². The highest BCUT2D eigenvalue weighted by molar-refractivity contribution is 7.11.